The van der Waals surface area contributed by atoms with Crippen molar-refractivity contribution in [2.45, 2.75) is 38.6 Å². The molecule has 1 fully saturated rings. The number of aliphatic hydroxyl groups excluding tert-OH is 1. The van der Waals surface area contributed by atoms with Crippen LogP contribution in [0.25, 0.3) is 0 Å². The SMILES string of the molecule is Cc1cnc(NN)nc1N(CCCO)C1CCC1. The smallest absolute Gasteiger partial charge is 0.239 e. The molecular formula is C12H21N5O. The van der Waals surface area contributed by atoms with Gasteiger partial charge in [-0.3, -0.25) is 5.43 Å². The van der Waals surface area contributed by atoms with Gasteiger partial charge < -0.3 is 10.0 Å². The second kappa shape index (κ2) is 5.97. The van der Waals surface area contributed by atoms with Crippen LogP contribution in [0.1, 0.15) is 31.2 Å². The zero-order valence-electron chi connectivity index (χ0n) is 10.8. The molecule has 0 atom stereocenters. The second-order valence-electron chi connectivity index (χ2n) is 4.70. The molecule has 100 valence electrons. The van der Waals surface area contributed by atoms with Crippen molar-refractivity contribution in [2.75, 3.05) is 23.5 Å². The minimum atomic E-state index is 0.204. The van der Waals surface area contributed by atoms with Crippen LogP contribution in [0.15, 0.2) is 6.20 Å². The van der Waals surface area contributed by atoms with Crippen LogP contribution in [0.4, 0.5) is 11.8 Å². The van der Waals surface area contributed by atoms with Crippen LogP contribution >= 0.6 is 0 Å². The van der Waals surface area contributed by atoms with E-state index in [1.54, 1.807) is 6.20 Å². The molecule has 0 radical (unpaired) electrons. The largest absolute Gasteiger partial charge is 0.396 e. The van der Waals surface area contributed by atoms with Gasteiger partial charge in [0.2, 0.25) is 5.95 Å². The zero-order chi connectivity index (χ0) is 13.0. The van der Waals surface area contributed by atoms with Gasteiger partial charge in [-0.15, -0.1) is 0 Å². The Bertz CT molecular complexity index is 394. The summed E-state index contributed by atoms with van der Waals surface area (Å²) in [6.07, 6.45) is 6.19. The molecule has 1 aromatic rings. The number of rotatable bonds is 6. The molecule has 18 heavy (non-hydrogen) atoms. The molecule has 0 saturated heterocycles. The Labute approximate surface area is 107 Å². The first kappa shape index (κ1) is 13.0. The third kappa shape index (κ3) is 2.70. The zero-order valence-corrected chi connectivity index (χ0v) is 10.8. The van der Waals surface area contributed by atoms with E-state index >= 15 is 0 Å². The quantitative estimate of drug-likeness (QED) is 0.512. The topological polar surface area (TPSA) is 87.3 Å². The van der Waals surface area contributed by atoms with Crippen LogP contribution in [-0.2, 0) is 0 Å². The molecule has 6 heteroatoms. The summed E-state index contributed by atoms with van der Waals surface area (Å²) in [6.45, 7) is 3.03. The molecule has 1 aromatic heterocycles. The van der Waals surface area contributed by atoms with E-state index in [0.717, 1.165) is 24.3 Å². The number of anilines is 2. The Kier molecular flexibility index (Phi) is 4.33. The average molecular weight is 251 g/mol. The minimum absolute atomic E-state index is 0.204. The fourth-order valence-electron chi connectivity index (χ4n) is 2.19. The van der Waals surface area contributed by atoms with E-state index in [1.165, 1.54) is 19.3 Å². The number of aryl methyl sites for hydroxylation is 1. The minimum Gasteiger partial charge on any atom is -0.396 e. The third-order valence-electron chi connectivity index (χ3n) is 3.42. The number of nitrogens with two attached hydrogens (primary N) is 1. The van der Waals surface area contributed by atoms with Gasteiger partial charge in [0.1, 0.15) is 5.82 Å². The molecule has 0 amide bonds. The van der Waals surface area contributed by atoms with E-state index in [2.05, 4.69) is 20.3 Å². The lowest BCUT2D eigenvalue weighted by Crippen LogP contribution is -2.42. The van der Waals surface area contributed by atoms with Gasteiger partial charge in [0, 0.05) is 31.0 Å². The Morgan fingerprint density at radius 3 is 2.89 bits per heavy atom. The van der Waals surface area contributed by atoms with Crippen LogP contribution in [-0.4, -0.2) is 34.3 Å². The molecule has 0 spiro atoms. The number of hydrogen-bond acceptors (Lipinski definition) is 6. The van der Waals surface area contributed by atoms with E-state index < -0.39 is 0 Å². The molecule has 4 N–H and O–H groups in total. The maximum absolute atomic E-state index is 9.01. The second-order valence-corrected chi connectivity index (χ2v) is 4.70. The highest BCUT2D eigenvalue weighted by atomic mass is 16.3. The van der Waals surface area contributed by atoms with Crippen LogP contribution < -0.4 is 16.2 Å². The Hall–Kier alpha value is -1.40. The number of nitrogens with zero attached hydrogens (tertiary/aromatic N) is 3. The number of aromatic nitrogens is 2. The van der Waals surface area contributed by atoms with Gasteiger partial charge in [-0.2, -0.15) is 4.98 Å². The predicted molar refractivity (Wildman–Crippen MR) is 71.3 cm³/mol. The van der Waals surface area contributed by atoms with Crippen molar-refractivity contribution >= 4 is 11.8 Å². The fourth-order valence-corrected chi connectivity index (χ4v) is 2.19. The van der Waals surface area contributed by atoms with Crippen LogP contribution in [0, 0.1) is 6.92 Å². The summed E-state index contributed by atoms with van der Waals surface area (Å²) in [7, 11) is 0. The molecule has 0 aliphatic heterocycles. The summed E-state index contributed by atoms with van der Waals surface area (Å²) in [5, 5.41) is 9.01. The highest BCUT2D eigenvalue weighted by molar-refractivity contribution is 5.50. The lowest BCUT2D eigenvalue weighted by atomic mass is 9.91. The normalized spacial score (nSPS) is 15.3. The summed E-state index contributed by atoms with van der Waals surface area (Å²) in [6, 6.07) is 0.538. The molecule has 2 rings (SSSR count). The third-order valence-corrected chi connectivity index (χ3v) is 3.42. The van der Waals surface area contributed by atoms with Crippen molar-refractivity contribution in [3.63, 3.8) is 0 Å². The summed E-state index contributed by atoms with van der Waals surface area (Å²) < 4.78 is 0. The van der Waals surface area contributed by atoms with Crippen LogP contribution in [0.3, 0.4) is 0 Å². The number of nitrogens with one attached hydrogen (secondary N) is 1. The molecule has 0 aromatic carbocycles. The molecule has 1 aliphatic rings. The van der Waals surface area contributed by atoms with E-state index in [4.69, 9.17) is 10.9 Å². The molecule has 0 bridgehead atoms. The molecule has 1 heterocycles. The Morgan fingerprint density at radius 2 is 2.33 bits per heavy atom. The van der Waals surface area contributed by atoms with Gasteiger partial charge in [-0.25, -0.2) is 10.8 Å². The predicted octanol–water partition coefficient (Wildman–Crippen LogP) is 0.812. The highest BCUT2D eigenvalue weighted by Crippen LogP contribution is 2.30. The van der Waals surface area contributed by atoms with Crippen molar-refractivity contribution in [2.24, 2.45) is 5.84 Å². The van der Waals surface area contributed by atoms with Crippen molar-refractivity contribution in [3.8, 4) is 0 Å². The lowest BCUT2D eigenvalue weighted by Gasteiger charge is -2.39. The summed E-state index contributed by atoms with van der Waals surface area (Å²) in [4.78, 5) is 10.8. The summed E-state index contributed by atoms with van der Waals surface area (Å²) >= 11 is 0. The number of nitrogen functional groups attached to an aromatic ring is 1. The highest BCUT2D eigenvalue weighted by Gasteiger charge is 2.26. The van der Waals surface area contributed by atoms with E-state index in [-0.39, 0.29) is 6.61 Å². The first-order chi connectivity index (χ1) is 8.76. The average Bonchev–Trinajstić information content (AvgIpc) is 2.33. The molecule has 6 nitrogen and oxygen atoms in total. The Morgan fingerprint density at radius 1 is 1.56 bits per heavy atom. The monoisotopic (exact) mass is 251 g/mol. The van der Waals surface area contributed by atoms with Gasteiger partial charge in [0.15, 0.2) is 0 Å². The van der Waals surface area contributed by atoms with Crippen molar-refractivity contribution in [1.29, 1.82) is 0 Å². The van der Waals surface area contributed by atoms with Gasteiger partial charge in [-0.05, 0) is 32.6 Å². The lowest BCUT2D eigenvalue weighted by molar-refractivity contribution is 0.282. The standard InChI is InChI=1S/C12H21N5O/c1-9-8-14-12(16-13)15-11(9)17(6-3-7-18)10-4-2-5-10/h8,10,18H,2-7,13H2,1H3,(H,14,15,16). The maximum Gasteiger partial charge on any atom is 0.239 e. The van der Waals surface area contributed by atoms with Crippen molar-refractivity contribution in [1.82, 2.24) is 9.97 Å². The van der Waals surface area contributed by atoms with Crippen LogP contribution in [0.5, 0.6) is 0 Å². The summed E-state index contributed by atoms with van der Waals surface area (Å²) in [5.74, 6) is 6.72. The van der Waals surface area contributed by atoms with Gasteiger partial charge in [0.05, 0.1) is 0 Å². The number of hydrazine groups is 1. The molecule has 1 saturated carbocycles. The Balaban J connectivity index is 2.22. The molecule has 1 aliphatic carbocycles. The first-order valence-corrected chi connectivity index (χ1v) is 6.44. The van der Waals surface area contributed by atoms with Gasteiger partial charge in [0.25, 0.3) is 0 Å². The van der Waals surface area contributed by atoms with Crippen molar-refractivity contribution < 1.29 is 5.11 Å². The first-order valence-electron chi connectivity index (χ1n) is 6.44. The van der Waals surface area contributed by atoms with Gasteiger partial charge in [-0.1, -0.05) is 0 Å². The molecule has 0 unspecified atom stereocenters. The number of aliphatic hydroxyl groups is 1. The molecular weight excluding hydrogens is 230 g/mol. The van der Waals surface area contributed by atoms with E-state index in [1.807, 2.05) is 6.92 Å². The van der Waals surface area contributed by atoms with E-state index in [9.17, 15) is 0 Å². The fraction of sp³-hybridized carbons (Fsp3) is 0.667. The number of hydrogen-bond donors (Lipinski definition) is 3. The van der Waals surface area contributed by atoms with Crippen molar-refractivity contribution in [3.05, 3.63) is 11.8 Å². The van der Waals surface area contributed by atoms with Crippen LogP contribution in [0.2, 0.25) is 0 Å². The maximum atomic E-state index is 9.01. The van der Waals surface area contributed by atoms with Gasteiger partial charge >= 0.3 is 0 Å². The summed E-state index contributed by atoms with van der Waals surface area (Å²) in [5.41, 5.74) is 3.52. The van der Waals surface area contributed by atoms with E-state index in [0.29, 0.717) is 12.0 Å².